The molecule has 0 aromatic heterocycles. The van der Waals surface area contributed by atoms with Gasteiger partial charge >= 0.3 is 0 Å². The number of hydrazine groups is 1. The molecule has 9 heteroatoms. The molecule has 28 heavy (non-hydrogen) atoms. The van der Waals surface area contributed by atoms with Crippen LogP contribution in [0.25, 0.3) is 0 Å². The Kier molecular flexibility index (Phi) is 8.21. The first-order chi connectivity index (χ1) is 13.4. The zero-order valence-corrected chi connectivity index (χ0v) is 17.8. The number of carbonyl (C=O) groups excluding carboxylic acids is 2. The van der Waals surface area contributed by atoms with Gasteiger partial charge in [-0.15, -0.1) is 0 Å². The van der Waals surface area contributed by atoms with Gasteiger partial charge in [0.05, 0.1) is 18.0 Å². The molecule has 3 N–H and O–H groups in total. The fraction of sp³-hybridized carbons (Fsp3) is 0.211. The lowest BCUT2D eigenvalue weighted by Gasteiger charge is -2.12. The molecule has 0 aliphatic carbocycles. The van der Waals surface area contributed by atoms with E-state index in [-0.39, 0.29) is 24.0 Å². The minimum atomic E-state index is -0.445. The van der Waals surface area contributed by atoms with E-state index in [0.717, 1.165) is 15.6 Å². The number of amides is 2. The van der Waals surface area contributed by atoms with Gasteiger partial charge in [0.15, 0.2) is 11.7 Å². The second kappa shape index (κ2) is 10.6. The Morgan fingerprint density at radius 3 is 2.43 bits per heavy atom. The van der Waals surface area contributed by atoms with Crippen LogP contribution in [-0.2, 0) is 16.0 Å². The molecule has 0 saturated carbocycles. The van der Waals surface area contributed by atoms with E-state index in [9.17, 15) is 9.59 Å². The molecule has 0 fully saturated rings. The van der Waals surface area contributed by atoms with Crippen LogP contribution in [0.3, 0.4) is 0 Å². The molecule has 2 aromatic rings. The predicted molar refractivity (Wildman–Crippen MR) is 113 cm³/mol. The molecule has 7 nitrogen and oxygen atoms in total. The molecule has 0 heterocycles. The molecule has 2 aromatic carbocycles. The fourth-order valence-electron chi connectivity index (χ4n) is 2.16. The Bertz CT molecular complexity index is 859. The molecule has 0 aliphatic rings. The quantitative estimate of drug-likeness (QED) is 0.448. The summed E-state index contributed by atoms with van der Waals surface area (Å²) in [5, 5.41) is 2.48. The smallest absolute Gasteiger partial charge is 0.276 e. The van der Waals surface area contributed by atoms with E-state index in [1.54, 1.807) is 37.4 Å². The number of benzene rings is 2. The number of hydrogen-bond acceptors (Lipinski definition) is 5. The maximum absolute atomic E-state index is 12.0. The molecule has 0 radical (unpaired) electrons. The highest BCUT2D eigenvalue weighted by Crippen LogP contribution is 2.25. The molecular weight excluding hydrogens is 446 g/mol. The van der Waals surface area contributed by atoms with E-state index in [1.807, 2.05) is 19.1 Å². The third-order valence-electron chi connectivity index (χ3n) is 3.54. The summed E-state index contributed by atoms with van der Waals surface area (Å²) in [5.74, 6) is 0.510. The lowest BCUT2D eigenvalue weighted by atomic mass is 10.1. The zero-order chi connectivity index (χ0) is 20.5. The Labute approximate surface area is 176 Å². The maximum atomic E-state index is 12.0. The molecule has 2 rings (SSSR count). The molecule has 0 unspecified atom stereocenters. The van der Waals surface area contributed by atoms with Crippen LogP contribution < -0.4 is 25.6 Å². The molecule has 0 spiro atoms. The first-order valence-corrected chi connectivity index (χ1v) is 9.48. The van der Waals surface area contributed by atoms with Crippen LogP contribution in [0, 0.1) is 6.92 Å². The number of rotatable bonds is 6. The van der Waals surface area contributed by atoms with Crippen molar-refractivity contribution in [3.8, 4) is 11.5 Å². The van der Waals surface area contributed by atoms with Crippen LogP contribution in [0.1, 0.15) is 11.1 Å². The van der Waals surface area contributed by atoms with E-state index >= 15 is 0 Å². The van der Waals surface area contributed by atoms with Crippen molar-refractivity contribution >= 4 is 45.1 Å². The summed E-state index contributed by atoms with van der Waals surface area (Å²) >= 11 is 8.37. The Hall–Kier alpha value is -2.65. The number of hydrogen-bond donors (Lipinski definition) is 3. The van der Waals surface area contributed by atoms with Crippen molar-refractivity contribution in [3.05, 3.63) is 58.1 Å². The Balaban J connectivity index is 1.70. The first kappa shape index (κ1) is 21.6. The third kappa shape index (κ3) is 7.16. The highest BCUT2D eigenvalue weighted by atomic mass is 79.9. The largest absolute Gasteiger partial charge is 0.497 e. The minimum absolute atomic E-state index is 0.0108. The van der Waals surface area contributed by atoms with Crippen molar-refractivity contribution in [2.75, 3.05) is 13.7 Å². The fourth-order valence-corrected chi connectivity index (χ4v) is 2.93. The minimum Gasteiger partial charge on any atom is -0.497 e. The van der Waals surface area contributed by atoms with Crippen molar-refractivity contribution in [2.24, 2.45) is 0 Å². The van der Waals surface area contributed by atoms with Gasteiger partial charge in [0.2, 0.25) is 5.91 Å². The van der Waals surface area contributed by atoms with Crippen LogP contribution in [0.2, 0.25) is 0 Å². The van der Waals surface area contributed by atoms with Gasteiger partial charge in [0.25, 0.3) is 5.91 Å². The number of nitrogens with one attached hydrogen (secondary N) is 3. The van der Waals surface area contributed by atoms with Crippen molar-refractivity contribution in [3.63, 3.8) is 0 Å². The highest BCUT2D eigenvalue weighted by molar-refractivity contribution is 9.10. The third-order valence-corrected chi connectivity index (χ3v) is 4.36. The molecule has 2 amide bonds. The van der Waals surface area contributed by atoms with Gasteiger partial charge in [0, 0.05) is 0 Å². The predicted octanol–water partition coefficient (Wildman–Crippen LogP) is 2.41. The van der Waals surface area contributed by atoms with E-state index in [4.69, 9.17) is 21.7 Å². The second-order valence-corrected chi connectivity index (χ2v) is 7.06. The van der Waals surface area contributed by atoms with Gasteiger partial charge in [0.1, 0.15) is 11.5 Å². The van der Waals surface area contributed by atoms with E-state index in [2.05, 4.69) is 32.1 Å². The van der Waals surface area contributed by atoms with Gasteiger partial charge in [-0.3, -0.25) is 20.4 Å². The molecular formula is C19H20BrN3O4S. The normalized spacial score (nSPS) is 9.96. The summed E-state index contributed by atoms with van der Waals surface area (Å²) in [4.78, 5) is 23.8. The van der Waals surface area contributed by atoms with Crippen molar-refractivity contribution in [1.29, 1.82) is 0 Å². The topological polar surface area (TPSA) is 88.7 Å². The molecule has 0 aliphatic heterocycles. The summed E-state index contributed by atoms with van der Waals surface area (Å²) in [6.45, 7) is 1.74. The Morgan fingerprint density at radius 1 is 1.07 bits per heavy atom. The summed E-state index contributed by atoms with van der Waals surface area (Å²) in [7, 11) is 1.57. The van der Waals surface area contributed by atoms with Crippen molar-refractivity contribution < 1.29 is 19.1 Å². The SMILES string of the molecule is COc1ccc(CC(=O)NC(=S)NNC(=O)COc2ccc(C)cc2Br)cc1. The van der Waals surface area contributed by atoms with Gasteiger partial charge in [-0.05, 0) is 70.5 Å². The number of ether oxygens (including phenoxy) is 2. The van der Waals surface area contributed by atoms with E-state index in [0.29, 0.717) is 11.5 Å². The van der Waals surface area contributed by atoms with Gasteiger partial charge in [-0.2, -0.15) is 0 Å². The number of methoxy groups -OCH3 is 1. The van der Waals surface area contributed by atoms with Crippen molar-refractivity contribution in [1.82, 2.24) is 16.2 Å². The molecule has 0 bridgehead atoms. The summed E-state index contributed by atoms with van der Waals surface area (Å²) < 4.78 is 11.3. The lowest BCUT2D eigenvalue weighted by molar-refractivity contribution is -0.124. The number of halogens is 1. The average molecular weight is 466 g/mol. The van der Waals surface area contributed by atoms with E-state index < -0.39 is 5.91 Å². The first-order valence-electron chi connectivity index (χ1n) is 8.28. The number of thiocarbonyl (C=S) groups is 1. The molecule has 148 valence electrons. The van der Waals surface area contributed by atoms with Crippen LogP contribution in [-0.4, -0.2) is 30.6 Å². The van der Waals surface area contributed by atoms with Crippen LogP contribution in [0.5, 0.6) is 11.5 Å². The van der Waals surface area contributed by atoms with Crippen molar-refractivity contribution in [2.45, 2.75) is 13.3 Å². The maximum Gasteiger partial charge on any atom is 0.276 e. The Morgan fingerprint density at radius 2 is 1.79 bits per heavy atom. The van der Waals surface area contributed by atoms with Crippen LogP contribution in [0.4, 0.5) is 0 Å². The number of carbonyl (C=O) groups is 2. The summed E-state index contributed by atoms with van der Waals surface area (Å²) in [5.41, 5.74) is 6.71. The second-order valence-electron chi connectivity index (χ2n) is 5.80. The zero-order valence-electron chi connectivity index (χ0n) is 15.4. The van der Waals surface area contributed by atoms with E-state index in [1.165, 1.54) is 0 Å². The molecule has 0 atom stereocenters. The standard InChI is InChI=1S/C19H20BrN3O4S/c1-12-3-8-16(15(20)9-12)27-11-18(25)22-23-19(28)21-17(24)10-13-4-6-14(26-2)7-5-13/h3-9H,10-11H2,1-2H3,(H,22,25)(H2,21,23,24,28). The lowest BCUT2D eigenvalue weighted by Crippen LogP contribution is -2.49. The molecule has 0 saturated heterocycles. The van der Waals surface area contributed by atoms with Crippen LogP contribution in [0.15, 0.2) is 46.9 Å². The van der Waals surface area contributed by atoms with Crippen LogP contribution >= 0.6 is 28.1 Å². The summed E-state index contributed by atoms with van der Waals surface area (Å²) in [6.07, 6.45) is 0.143. The monoisotopic (exact) mass is 465 g/mol. The summed E-state index contributed by atoms with van der Waals surface area (Å²) in [6, 6.07) is 12.7. The van der Waals surface area contributed by atoms with Gasteiger partial charge < -0.3 is 14.8 Å². The highest BCUT2D eigenvalue weighted by Gasteiger charge is 2.09. The van der Waals surface area contributed by atoms with Gasteiger partial charge in [-0.25, -0.2) is 0 Å². The number of aryl methyl sites for hydroxylation is 1. The van der Waals surface area contributed by atoms with Gasteiger partial charge in [-0.1, -0.05) is 18.2 Å². The average Bonchev–Trinajstić information content (AvgIpc) is 2.66.